The molecule has 0 spiro atoms. The van der Waals surface area contributed by atoms with Gasteiger partial charge in [-0.15, -0.1) is 0 Å². The maximum atomic E-state index is 8.45. The Morgan fingerprint density at radius 2 is 2.00 bits per heavy atom. The smallest absolute Gasteiger partial charge is 0.202 e. The van der Waals surface area contributed by atoms with Crippen LogP contribution in [-0.2, 0) is 0 Å². The zero-order valence-corrected chi connectivity index (χ0v) is 5.05. The van der Waals surface area contributed by atoms with Gasteiger partial charge in [0, 0.05) is 0 Å². The lowest BCUT2D eigenvalue weighted by Gasteiger charge is -2.14. The molecule has 0 bridgehead atoms. The monoisotopic (exact) mass is 124 g/mol. The largest absolute Gasteiger partial charge is 0.390 e. The fourth-order valence-electron chi connectivity index (χ4n) is 0.0791. The van der Waals surface area contributed by atoms with Crippen LogP contribution in [0.5, 0.6) is 0 Å². The Hall–Kier alpha value is 0.310. The Labute approximate surface area is 43.8 Å². The summed E-state index contributed by atoms with van der Waals surface area (Å²) in [6.07, 6.45) is 0. The molecule has 0 rings (SSSR count). The van der Waals surface area contributed by atoms with Crippen molar-refractivity contribution in [2.75, 3.05) is 13.3 Å². The van der Waals surface area contributed by atoms with Gasteiger partial charge in [-0.05, 0) is 6.66 Å². The van der Waals surface area contributed by atoms with E-state index in [1.807, 2.05) is 0 Å². The lowest BCUT2D eigenvalue weighted by molar-refractivity contribution is -0.111. The Morgan fingerprint density at radius 3 is 2.00 bits per heavy atom. The highest BCUT2D eigenvalue weighted by atomic mass is 31.1. The van der Waals surface area contributed by atoms with Crippen LogP contribution in [0.4, 0.5) is 0 Å². The van der Waals surface area contributed by atoms with E-state index in [-0.39, 0.29) is 8.58 Å². The van der Waals surface area contributed by atoms with Crippen molar-refractivity contribution in [1.29, 1.82) is 0 Å². The van der Waals surface area contributed by atoms with Crippen molar-refractivity contribution < 1.29 is 15.3 Å². The molecule has 4 heteroatoms. The Kier molecular flexibility index (Phi) is 2.69. The third kappa shape index (κ3) is 2.94. The minimum atomic E-state index is -1.83. The van der Waals surface area contributed by atoms with Crippen molar-refractivity contribution >= 4 is 8.58 Å². The van der Waals surface area contributed by atoms with Crippen LogP contribution >= 0.6 is 8.58 Å². The fraction of sp³-hybridized carbons (Fsp3) is 1.00. The third-order valence-corrected chi connectivity index (χ3v) is 1.58. The zero-order chi connectivity index (χ0) is 5.91. The minimum absolute atomic E-state index is 0.0544. The second-order valence-electron chi connectivity index (χ2n) is 1.22. The van der Waals surface area contributed by atoms with Crippen LogP contribution in [-0.4, -0.2) is 34.1 Å². The molecular weight excluding hydrogens is 115 g/mol. The van der Waals surface area contributed by atoms with E-state index in [4.69, 9.17) is 15.3 Å². The molecule has 0 aliphatic rings. The maximum absolute atomic E-state index is 8.45. The Bertz CT molecular complexity index is 48.1. The molecule has 0 amide bonds. The van der Waals surface area contributed by atoms with Gasteiger partial charge < -0.3 is 15.3 Å². The molecule has 0 aliphatic heterocycles. The molecule has 0 aromatic heterocycles. The number of hydrogen-bond donors (Lipinski definition) is 3. The first kappa shape index (κ1) is 7.31. The molecule has 3 N–H and O–H groups in total. The predicted octanol–water partition coefficient (Wildman–Crippen LogP) is -1.07. The van der Waals surface area contributed by atoms with Gasteiger partial charge in [-0.2, -0.15) is 0 Å². The summed E-state index contributed by atoms with van der Waals surface area (Å²) < 4.78 is 0. The van der Waals surface area contributed by atoms with E-state index in [9.17, 15) is 0 Å². The first-order valence-corrected chi connectivity index (χ1v) is 3.37. The summed E-state index contributed by atoms with van der Waals surface area (Å²) in [6, 6.07) is 0. The lowest BCUT2D eigenvalue weighted by Crippen LogP contribution is -2.25. The van der Waals surface area contributed by atoms with E-state index in [1.165, 1.54) is 0 Å². The molecule has 44 valence electrons. The van der Waals surface area contributed by atoms with Gasteiger partial charge in [-0.1, -0.05) is 8.58 Å². The second-order valence-corrected chi connectivity index (χ2v) is 2.53. The quantitative estimate of drug-likeness (QED) is 0.324. The number of aliphatic hydroxyl groups is 3. The van der Waals surface area contributed by atoms with Gasteiger partial charge in [-0.25, -0.2) is 0 Å². The molecule has 0 radical (unpaired) electrons. The average Bonchev–Trinajstić information content (AvgIpc) is 1.68. The molecule has 0 fully saturated rings. The first-order chi connectivity index (χ1) is 3.12. The first-order valence-electron chi connectivity index (χ1n) is 1.87. The molecule has 0 saturated heterocycles. The molecule has 0 aromatic rings. The molecule has 1 atom stereocenters. The maximum Gasteiger partial charge on any atom is 0.202 e. The molecule has 7 heavy (non-hydrogen) atoms. The molecule has 3 nitrogen and oxygen atoms in total. The van der Waals surface area contributed by atoms with Gasteiger partial charge in [0.2, 0.25) is 5.53 Å². The molecule has 1 unspecified atom stereocenters. The van der Waals surface area contributed by atoms with Crippen LogP contribution < -0.4 is 0 Å². The van der Waals surface area contributed by atoms with Gasteiger partial charge in [0.25, 0.3) is 0 Å². The number of aliphatic hydroxyl groups excluding tert-OH is 1. The van der Waals surface area contributed by atoms with Crippen LogP contribution in [0, 0.1) is 0 Å². The van der Waals surface area contributed by atoms with Crippen molar-refractivity contribution in [3.8, 4) is 0 Å². The second kappa shape index (κ2) is 2.58. The van der Waals surface area contributed by atoms with E-state index in [1.54, 1.807) is 6.66 Å². The number of hydrogen-bond acceptors (Lipinski definition) is 3. The van der Waals surface area contributed by atoms with Crippen molar-refractivity contribution in [3.05, 3.63) is 0 Å². The van der Waals surface area contributed by atoms with Crippen LogP contribution in [0.15, 0.2) is 0 Å². The van der Waals surface area contributed by atoms with E-state index >= 15 is 0 Å². The number of rotatable bonds is 2. The van der Waals surface area contributed by atoms with E-state index in [0.29, 0.717) is 0 Å². The molecule has 0 heterocycles. The summed E-state index contributed by atoms with van der Waals surface area (Å²) in [7, 11) is -0.0544. The summed E-state index contributed by atoms with van der Waals surface area (Å²) in [5.74, 6) is 0. The molecule has 0 saturated carbocycles. The van der Waals surface area contributed by atoms with E-state index in [0.717, 1.165) is 0 Å². The third-order valence-electron chi connectivity index (χ3n) is 0.621. The van der Waals surface area contributed by atoms with Crippen molar-refractivity contribution in [1.82, 2.24) is 0 Å². The standard InChI is InChI=1S/C3H9O3P/c1-7-3(5,6)2-4/h4-7H,2H2,1H3. The van der Waals surface area contributed by atoms with Crippen LogP contribution in [0.3, 0.4) is 0 Å². The van der Waals surface area contributed by atoms with Gasteiger partial charge in [0.15, 0.2) is 0 Å². The Balaban J connectivity index is 3.36. The summed E-state index contributed by atoms with van der Waals surface area (Å²) in [4.78, 5) is 0. The fourth-order valence-corrected chi connectivity index (χ4v) is 0.237. The molecular formula is C3H9O3P. The zero-order valence-electron chi connectivity index (χ0n) is 4.05. The summed E-state index contributed by atoms with van der Waals surface area (Å²) in [6.45, 7) is 1.03. The highest BCUT2D eigenvalue weighted by molar-refractivity contribution is 7.38. The summed E-state index contributed by atoms with van der Waals surface area (Å²) >= 11 is 0. The van der Waals surface area contributed by atoms with Crippen LogP contribution in [0.25, 0.3) is 0 Å². The normalized spacial score (nSPS) is 13.7. The highest BCUT2D eigenvalue weighted by Crippen LogP contribution is 2.20. The lowest BCUT2D eigenvalue weighted by atomic mass is 10.7. The van der Waals surface area contributed by atoms with Crippen LogP contribution in [0.1, 0.15) is 0 Å². The SMILES string of the molecule is CPC(O)(O)CO. The topological polar surface area (TPSA) is 60.7 Å². The summed E-state index contributed by atoms with van der Waals surface area (Å²) in [5.41, 5.74) is -1.83. The van der Waals surface area contributed by atoms with Gasteiger partial charge in [0.1, 0.15) is 6.61 Å². The van der Waals surface area contributed by atoms with Crippen molar-refractivity contribution in [2.24, 2.45) is 0 Å². The van der Waals surface area contributed by atoms with E-state index in [2.05, 4.69) is 0 Å². The Morgan fingerprint density at radius 1 is 1.57 bits per heavy atom. The van der Waals surface area contributed by atoms with Crippen molar-refractivity contribution in [3.63, 3.8) is 0 Å². The van der Waals surface area contributed by atoms with Crippen LogP contribution in [0.2, 0.25) is 0 Å². The predicted molar refractivity (Wildman–Crippen MR) is 28.5 cm³/mol. The van der Waals surface area contributed by atoms with Gasteiger partial charge in [0.05, 0.1) is 0 Å². The average molecular weight is 124 g/mol. The van der Waals surface area contributed by atoms with E-state index < -0.39 is 12.1 Å². The minimum Gasteiger partial charge on any atom is -0.390 e. The highest BCUT2D eigenvalue weighted by Gasteiger charge is 2.16. The van der Waals surface area contributed by atoms with Crippen molar-refractivity contribution in [2.45, 2.75) is 5.53 Å². The molecule has 0 aromatic carbocycles. The summed E-state index contributed by atoms with van der Waals surface area (Å²) in [5, 5.41) is 25.0. The van der Waals surface area contributed by atoms with Gasteiger partial charge >= 0.3 is 0 Å². The van der Waals surface area contributed by atoms with Gasteiger partial charge in [-0.3, -0.25) is 0 Å². The molecule has 0 aliphatic carbocycles.